The summed E-state index contributed by atoms with van der Waals surface area (Å²) in [5, 5.41) is 0. The number of aromatic nitrogens is 1. The van der Waals surface area contributed by atoms with E-state index < -0.39 is 27.2 Å². The first-order valence-electron chi connectivity index (χ1n) is 10.1. The van der Waals surface area contributed by atoms with E-state index in [4.69, 9.17) is 0 Å². The second-order valence-corrected chi connectivity index (χ2v) is 10.7. The Bertz CT molecular complexity index is 1020. The van der Waals surface area contributed by atoms with Gasteiger partial charge in [-0.15, -0.1) is 0 Å². The number of carbonyl (C=O) groups is 1. The third-order valence-corrected chi connectivity index (χ3v) is 7.96. The molecule has 1 atom stereocenters. The standard InChI is InChI=1S/C22H25F2N3O2S/c1-30(29)13-8-16(9-14-30)22(28)27-12-11-26(20-7-2-3-10-25-20)15-19(27)17-5-4-6-18(23)21(17)24/h2-7,10,16,19H,1,8-9,11-15H2. The summed E-state index contributed by atoms with van der Waals surface area (Å²) < 4.78 is 40.9. The van der Waals surface area contributed by atoms with Gasteiger partial charge in [-0.1, -0.05) is 18.2 Å². The highest BCUT2D eigenvalue weighted by molar-refractivity contribution is 8.00. The van der Waals surface area contributed by atoms with Crippen LogP contribution in [0.25, 0.3) is 0 Å². The van der Waals surface area contributed by atoms with E-state index in [1.54, 1.807) is 11.1 Å². The Labute approximate surface area is 175 Å². The topological polar surface area (TPSA) is 53.5 Å². The van der Waals surface area contributed by atoms with Gasteiger partial charge >= 0.3 is 0 Å². The summed E-state index contributed by atoms with van der Waals surface area (Å²) in [4.78, 5) is 21.4. The first kappa shape index (κ1) is 20.8. The van der Waals surface area contributed by atoms with Crippen molar-refractivity contribution in [3.05, 3.63) is 59.8 Å². The van der Waals surface area contributed by atoms with Crippen molar-refractivity contribution >= 4 is 27.1 Å². The molecule has 160 valence electrons. The van der Waals surface area contributed by atoms with Crippen molar-refractivity contribution < 1.29 is 17.8 Å². The van der Waals surface area contributed by atoms with Gasteiger partial charge in [-0.2, -0.15) is 0 Å². The molecule has 8 heteroatoms. The molecule has 30 heavy (non-hydrogen) atoms. The van der Waals surface area contributed by atoms with Crippen LogP contribution in [0.3, 0.4) is 0 Å². The third kappa shape index (κ3) is 4.19. The number of anilines is 1. The molecule has 0 N–H and O–H groups in total. The van der Waals surface area contributed by atoms with Gasteiger partial charge in [0.15, 0.2) is 11.6 Å². The zero-order valence-electron chi connectivity index (χ0n) is 16.7. The van der Waals surface area contributed by atoms with Gasteiger partial charge in [-0.25, -0.2) is 13.8 Å². The van der Waals surface area contributed by atoms with Crippen molar-refractivity contribution in [3.8, 4) is 0 Å². The molecule has 1 aromatic heterocycles. The summed E-state index contributed by atoms with van der Waals surface area (Å²) in [5.41, 5.74) is 0.167. The number of carbonyl (C=O) groups excluding carboxylic acids is 1. The number of pyridine rings is 1. The Hall–Kier alpha value is -2.48. The molecule has 2 saturated heterocycles. The van der Waals surface area contributed by atoms with Crippen molar-refractivity contribution in [1.82, 2.24) is 9.88 Å². The number of halogens is 2. The Balaban J connectivity index is 1.63. The smallest absolute Gasteiger partial charge is 0.226 e. The molecule has 0 radical (unpaired) electrons. The van der Waals surface area contributed by atoms with Crippen molar-refractivity contribution in [2.24, 2.45) is 5.92 Å². The maximum Gasteiger partial charge on any atom is 0.226 e. The molecule has 3 heterocycles. The summed E-state index contributed by atoms with van der Waals surface area (Å²) in [6.45, 7) is 1.25. The molecular formula is C22H25F2N3O2S. The third-order valence-electron chi connectivity index (χ3n) is 6.00. The second kappa shape index (κ2) is 8.34. The fraction of sp³-hybridized carbons (Fsp3) is 0.409. The van der Waals surface area contributed by atoms with Crippen molar-refractivity contribution in [3.63, 3.8) is 0 Å². The fourth-order valence-corrected chi connectivity index (χ4v) is 5.91. The van der Waals surface area contributed by atoms with Crippen molar-refractivity contribution in [1.29, 1.82) is 0 Å². The van der Waals surface area contributed by atoms with Crippen LogP contribution in [0, 0.1) is 17.6 Å². The van der Waals surface area contributed by atoms with Gasteiger partial charge in [-0.3, -0.25) is 9.00 Å². The van der Waals surface area contributed by atoms with Gasteiger partial charge in [0, 0.05) is 48.8 Å². The number of piperazine rings is 1. The normalized spacial score (nSPS) is 27.1. The summed E-state index contributed by atoms with van der Waals surface area (Å²) in [6.07, 6.45) is 2.71. The van der Waals surface area contributed by atoms with Gasteiger partial charge in [0.2, 0.25) is 5.91 Å². The van der Waals surface area contributed by atoms with E-state index in [2.05, 4.69) is 10.9 Å². The predicted molar refractivity (Wildman–Crippen MR) is 115 cm³/mol. The van der Waals surface area contributed by atoms with Crippen LogP contribution in [-0.4, -0.2) is 57.0 Å². The molecule has 2 aliphatic rings. The maximum atomic E-state index is 14.7. The van der Waals surface area contributed by atoms with Crippen molar-refractivity contribution in [2.45, 2.75) is 18.9 Å². The summed E-state index contributed by atoms with van der Waals surface area (Å²) in [5.74, 6) is 3.16. The molecule has 0 aliphatic carbocycles. The van der Waals surface area contributed by atoms with Crippen LogP contribution in [-0.2, 0) is 14.3 Å². The lowest BCUT2D eigenvalue weighted by atomic mass is 9.96. The number of amides is 1. The van der Waals surface area contributed by atoms with Crippen LogP contribution in [0.15, 0.2) is 42.6 Å². The maximum absolute atomic E-state index is 14.7. The van der Waals surface area contributed by atoms with Crippen LogP contribution in [0.4, 0.5) is 14.6 Å². The van der Waals surface area contributed by atoms with E-state index in [1.807, 2.05) is 23.1 Å². The predicted octanol–water partition coefficient (Wildman–Crippen LogP) is 2.88. The molecular weight excluding hydrogens is 408 g/mol. The molecule has 1 unspecified atom stereocenters. The summed E-state index contributed by atoms with van der Waals surface area (Å²) >= 11 is 0. The lowest BCUT2D eigenvalue weighted by Gasteiger charge is -2.44. The minimum Gasteiger partial charge on any atom is -0.352 e. The second-order valence-electron chi connectivity index (χ2n) is 7.97. The van der Waals surface area contributed by atoms with Gasteiger partial charge < -0.3 is 9.80 Å². The molecule has 5 nitrogen and oxygen atoms in total. The van der Waals surface area contributed by atoms with E-state index in [-0.39, 0.29) is 17.4 Å². The van der Waals surface area contributed by atoms with Crippen LogP contribution in [0.1, 0.15) is 24.4 Å². The molecule has 2 aliphatic heterocycles. The fourth-order valence-electron chi connectivity index (χ4n) is 4.28. The molecule has 2 fully saturated rings. The highest BCUT2D eigenvalue weighted by atomic mass is 32.2. The highest BCUT2D eigenvalue weighted by Crippen LogP contribution is 2.33. The van der Waals surface area contributed by atoms with Crippen molar-refractivity contribution in [2.75, 3.05) is 36.0 Å². The quantitative estimate of drug-likeness (QED) is 0.699. The Morgan fingerprint density at radius 1 is 1.10 bits per heavy atom. The highest BCUT2D eigenvalue weighted by Gasteiger charge is 2.38. The van der Waals surface area contributed by atoms with E-state index in [0.29, 0.717) is 44.0 Å². The Morgan fingerprint density at radius 2 is 1.87 bits per heavy atom. The summed E-state index contributed by atoms with van der Waals surface area (Å²) in [6, 6.07) is 9.00. The van der Waals surface area contributed by atoms with Crippen LogP contribution >= 0.6 is 0 Å². The molecule has 2 aromatic rings. The average molecular weight is 434 g/mol. The van der Waals surface area contributed by atoms with Gasteiger partial charge in [0.05, 0.1) is 6.04 Å². The Kier molecular flexibility index (Phi) is 5.77. The number of nitrogens with zero attached hydrogens (tertiary/aromatic N) is 3. The minimum atomic E-state index is -2.10. The monoisotopic (exact) mass is 433 g/mol. The Morgan fingerprint density at radius 3 is 2.57 bits per heavy atom. The van der Waals surface area contributed by atoms with E-state index >= 15 is 0 Å². The van der Waals surface area contributed by atoms with E-state index in [9.17, 15) is 17.8 Å². The largest absolute Gasteiger partial charge is 0.352 e. The molecule has 4 rings (SSSR count). The van der Waals surface area contributed by atoms with E-state index in [1.165, 1.54) is 12.1 Å². The number of benzene rings is 1. The zero-order chi connectivity index (χ0) is 21.3. The van der Waals surface area contributed by atoms with Crippen LogP contribution in [0.2, 0.25) is 0 Å². The van der Waals surface area contributed by atoms with E-state index in [0.717, 1.165) is 11.9 Å². The molecule has 0 saturated carbocycles. The van der Waals surface area contributed by atoms with Gasteiger partial charge in [0.1, 0.15) is 5.82 Å². The molecule has 1 aromatic carbocycles. The number of hydrogen-bond acceptors (Lipinski definition) is 4. The first-order chi connectivity index (χ1) is 14.4. The van der Waals surface area contributed by atoms with Gasteiger partial charge in [0.25, 0.3) is 0 Å². The number of hydrogen-bond donors (Lipinski definition) is 0. The molecule has 0 spiro atoms. The zero-order valence-corrected chi connectivity index (χ0v) is 17.5. The lowest BCUT2D eigenvalue weighted by Crippen LogP contribution is -2.53. The SMILES string of the molecule is C=S1(=O)CCC(C(=O)N2CCN(c3ccccn3)CC2c2cccc(F)c2F)CC1. The number of rotatable bonds is 3. The minimum absolute atomic E-state index is 0.0840. The average Bonchev–Trinajstić information content (AvgIpc) is 2.75. The van der Waals surface area contributed by atoms with Crippen LogP contribution < -0.4 is 4.90 Å². The summed E-state index contributed by atoms with van der Waals surface area (Å²) in [7, 11) is -2.10. The molecule has 0 bridgehead atoms. The lowest BCUT2D eigenvalue weighted by molar-refractivity contribution is -0.138. The molecule has 1 amide bonds. The first-order valence-corrected chi connectivity index (χ1v) is 12.2. The van der Waals surface area contributed by atoms with Gasteiger partial charge in [-0.05, 0) is 46.4 Å². The van der Waals surface area contributed by atoms with Crippen LogP contribution in [0.5, 0.6) is 0 Å².